The zero-order chi connectivity index (χ0) is 13.6. The average Bonchev–Trinajstić information content (AvgIpc) is 2.74. The minimum Gasteiger partial charge on any atom is -0.369 e. The first kappa shape index (κ1) is 12.9. The molecule has 1 aromatic heterocycles. The number of aryl methyl sites for hydroxylation is 1. The van der Waals surface area contributed by atoms with E-state index >= 15 is 0 Å². The van der Waals surface area contributed by atoms with Gasteiger partial charge < -0.3 is 10.2 Å². The molecular weight excluding hydrogens is 264 g/mol. The third kappa shape index (κ3) is 2.25. The molecule has 2 saturated heterocycles. The Kier molecular flexibility index (Phi) is 3.27. The minimum atomic E-state index is -0.233. The smallest absolute Gasteiger partial charge is 0.287 e. The molecule has 5 nitrogen and oxygen atoms in total. The van der Waals surface area contributed by atoms with Crippen LogP contribution in [0.2, 0.25) is 5.02 Å². The van der Waals surface area contributed by atoms with Crippen LogP contribution in [0, 0.1) is 0 Å². The normalized spacial score (nSPS) is 29.5. The number of hydrogen-bond donors (Lipinski definition) is 1. The van der Waals surface area contributed by atoms with Gasteiger partial charge in [-0.1, -0.05) is 11.6 Å². The summed E-state index contributed by atoms with van der Waals surface area (Å²) in [5, 5.41) is 7.96. The van der Waals surface area contributed by atoms with Crippen molar-refractivity contribution in [1.29, 1.82) is 0 Å². The Morgan fingerprint density at radius 3 is 2.68 bits per heavy atom. The molecule has 1 aromatic rings. The third-order valence-electron chi connectivity index (χ3n) is 4.44. The minimum absolute atomic E-state index is 0.233. The van der Waals surface area contributed by atoms with Crippen molar-refractivity contribution in [3.63, 3.8) is 0 Å². The lowest BCUT2D eigenvalue weighted by atomic mass is 9.98. The van der Waals surface area contributed by atoms with Gasteiger partial charge in [-0.25, -0.2) is 4.68 Å². The predicted molar refractivity (Wildman–Crippen MR) is 75.9 cm³/mol. The zero-order valence-corrected chi connectivity index (χ0v) is 12.0. The molecule has 104 valence electrons. The first-order valence-corrected chi connectivity index (χ1v) is 7.14. The molecule has 3 rings (SSSR count). The maximum Gasteiger partial charge on any atom is 0.287 e. The summed E-state index contributed by atoms with van der Waals surface area (Å²) in [6, 6.07) is 1.67. The number of rotatable bonds is 2. The van der Waals surface area contributed by atoms with Crippen LogP contribution in [-0.2, 0) is 7.05 Å². The van der Waals surface area contributed by atoms with Gasteiger partial charge in [0.1, 0.15) is 5.02 Å². The van der Waals surface area contributed by atoms with E-state index in [1.807, 2.05) is 7.05 Å². The maximum atomic E-state index is 11.8. The average molecular weight is 283 g/mol. The van der Waals surface area contributed by atoms with Crippen LogP contribution in [0.15, 0.2) is 11.0 Å². The summed E-state index contributed by atoms with van der Waals surface area (Å²) in [5.74, 6) is 0. The maximum absolute atomic E-state index is 11.8. The van der Waals surface area contributed by atoms with Crippen LogP contribution in [0.5, 0.6) is 0 Å². The number of hydrogen-bond acceptors (Lipinski definition) is 4. The second kappa shape index (κ2) is 4.80. The van der Waals surface area contributed by atoms with Crippen LogP contribution < -0.4 is 15.8 Å². The monoisotopic (exact) mass is 282 g/mol. The van der Waals surface area contributed by atoms with E-state index in [-0.39, 0.29) is 10.6 Å². The van der Waals surface area contributed by atoms with Crippen LogP contribution >= 0.6 is 11.6 Å². The Morgan fingerprint density at radius 1 is 1.42 bits per heavy atom. The lowest BCUT2D eigenvalue weighted by Gasteiger charge is -2.36. The molecule has 0 amide bonds. The van der Waals surface area contributed by atoms with Gasteiger partial charge in [-0.05, 0) is 25.7 Å². The Bertz CT molecular complexity index is 532. The molecule has 0 saturated carbocycles. The molecule has 0 aromatic carbocycles. The van der Waals surface area contributed by atoms with Crippen molar-refractivity contribution in [2.75, 3.05) is 11.9 Å². The van der Waals surface area contributed by atoms with E-state index in [1.54, 1.807) is 13.2 Å². The standard InChI is InChI=1S/C13H19ClN4O/c1-17(10-5-8-3-4-9(6-10)16-8)11-7-15-18(2)13(19)12(11)14/h7-10,16H,3-6H2,1-2H3. The Hall–Kier alpha value is -1.07. The zero-order valence-electron chi connectivity index (χ0n) is 11.3. The number of nitrogens with one attached hydrogen (secondary N) is 1. The van der Waals surface area contributed by atoms with Crippen LogP contribution in [0.3, 0.4) is 0 Å². The van der Waals surface area contributed by atoms with Gasteiger partial charge in [0.2, 0.25) is 0 Å². The lowest BCUT2D eigenvalue weighted by molar-refractivity contribution is 0.354. The predicted octanol–water partition coefficient (Wildman–Crippen LogP) is 1.15. The van der Waals surface area contributed by atoms with Crippen molar-refractivity contribution in [2.24, 2.45) is 7.05 Å². The number of aromatic nitrogens is 2. The molecule has 2 aliphatic rings. The molecular formula is C13H19ClN4O. The summed E-state index contributed by atoms with van der Waals surface area (Å²) in [7, 11) is 3.63. The third-order valence-corrected chi connectivity index (χ3v) is 4.79. The highest BCUT2D eigenvalue weighted by Crippen LogP contribution is 2.32. The summed E-state index contributed by atoms with van der Waals surface area (Å²) in [6.45, 7) is 0. The van der Waals surface area contributed by atoms with Crippen LogP contribution in [0.1, 0.15) is 25.7 Å². The highest BCUT2D eigenvalue weighted by atomic mass is 35.5. The summed E-state index contributed by atoms with van der Waals surface area (Å²) in [5.41, 5.74) is 0.513. The second-order valence-electron chi connectivity index (χ2n) is 5.65. The summed E-state index contributed by atoms with van der Waals surface area (Å²) in [4.78, 5) is 14.0. The Balaban J connectivity index is 1.86. The number of nitrogens with zero attached hydrogens (tertiary/aromatic N) is 3. The molecule has 1 N–H and O–H groups in total. The first-order chi connectivity index (χ1) is 9.06. The molecule has 0 radical (unpaired) electrons. The van der Waals surface area contributed by atoms with Gasteiger partial charge in [0, 0.05) is 32.2 Å². The largest absolute Gasteiger partial charge is 0.369 e. The van der Waals surface area contributed by atoms with E-state index in [0.29, 0.717) is 18.1 Å². The van der Waals surface area contributed by atoms with E-state index in [2.05, 4.69) is 15.3 Å². The van der Waals surface area contributed by atoms with E-state index in [4.69, 9.17) is 11.6 Å². The van der Waals surface area contributed by atoms with Crippen molar-refractivity contribution < 1.29 is 0 Å². The second-order valence-corrected chi connectivity index (χ2v) is 6.02. The Morgan fingerprint density at radius 2 is 2.05 bits per heavy atom. The lowest BCUT2D eigenvalue weighted by Crippen LogP contribution is -2.47. The van der Waals surface area contributed by atoms with Crippen LogP contribution in [0.4, 0.5) is 5.69 Å². The topological polar surface area (TPSA) is 50.2 Å². The van der Waals surface area contributed by atoms with Crippen molar-refractivity contribution >= 4 is 17.3 Å². The van der Waals surface area contributed by atoms with Crippen molar-refractivity contribution in [1.82, 2.24) is 15.1 Å². The first-order valence-electron chi connectivity index (χ1n) is 6.77. The van der Waals surface area contributed by atoms with E-state index in [0.717, 1.165) is 18.5 Å². The van der Waals surface area contributed by atoms with Gasteiger partial charge >= 0.3 is 0 Å². The van der Waals surface area contributed by atoms with Crippen molar-refractivity contribution in [2.45, 2.75) is 43.8 Å². The van der Waals surface area contributed by atoms with E-state index in [9.17, 15) is 4.79 Å². The molecule has 3 heterocycles. The van der Waals surface area contributed by atoms with Gasteiger partial charge in [0.25, 0.3) is 5.56 Å². The summed E-state index contributed by atoms with van der Waals surface area (Å²) < 4.78 is 1.27. The van der Waals surface area contributed by atoms with Gasteiger partial charge in [-0.3, -0.25) is 4.79 Å². The van der Waals surface area contributed by atoms with E-state index < -0.39 is 0 Å². The molecule has 6 heteroatoms. The molecule has 2 atom stereocenters. The van der Waals surface area contributed by atoms with Gasteiger partial charge in [0.05, 0.1) is 11.9 Å². The van der Waals surface area contributed by atoms with Crippen LogP contribution in [-0.4, -0.2) is 35.0 Å². The number of halogens is 1. The SMILES string of the molecule is CN(c1cnn(C)c(=O)c1Cl)C1CC2CCC(C1)N2. The van der Waals surface area contributed by atoms with E-state index in [1.165, 1.54) is 17.5 Å². The molecule has 0 aliphatic carbocycles. The summed E-state index contributed by atoms with van der Waals surface area (Å²) >= 11 is 6.17. The number of piperidine rings is 1. The van der Waals surface area contributed by atoms with Gasteiger partial charge in [-0.15, -0.1) is 0 Å². The van der Waals surface area contributed by atoms with Gasteiger partial charge in [-0.2, -0.15) is 5.10 Å². The molecule has 19 heavy (non-hydrogen) atoms. The van der Waals surface area contributed by atoms with Crippen molar-refractivity contribution in [3.8, 4) is 0 Å². The number of anilines is 1. The molecule has 2 bridgehead atoms. The molecule has 0 spiro atoms. The highest BCUT2D eigenvalue weighted by molar-refractivity contribution is 6.33. The fourth-order valence-electron chi connectivity index (χ4n) is 3.29. The summed E-state index contributed by atoms with van der Waals surface area (Å²) in [6.07, 6.45) is 6.43. The van der Waals surface area contributed by atoms with Crippen molar-refractivity contribution in [3.05, 3.63) is 21.6 Å². The fourth-order valence-corrected chi connectivity index (χ4v) is 3.59. The Labute approximate surface area is 117 Å². The molecule has 2 unspecified atom stereocenters. The van der Waals surface area contributed by atoms with Crippen LogP contribution in [0.25, 0.3) is 0 Å². The highest BCUT2D eigenvalue weighted by Gasteiger charge is 2.35. The molecule has 2 aliphatic heterocycles. The molecule has 2 fully saturated rings. The number of fused-ring (bicyclic) bond motifs is 2. The quantitative estimate of drug-likeness (QED) is 0.884. The van der Waals surface area contributed by atoms with Gasteiger partial charge in [0.15, 0.2) is 0 Å². The fraction of sp³-hybridized carbons (Fsp3) is 0.692.